The van der Waals surface area contributed by atoms with E-state index in [9.17, 15) is 4.79 Å². The van der Waals surface area contributed by atoms with E-state index in [1.807, 2.05) is 19.1 Å². The second-order valence-electron chi connectivity index (χ2n) is 5.37. The average Bonchev–Trinajstić information content (AvgIpc) is 2.49. The molecule has 1 aromatic carbocycles. The predicted octanol–water partition coefficient (Wildman–Crippen LogP) is 3.72. The molecule has 0 N–H and O–H groups in total. The van der Waals surface area contributed by atoms with Gasteiger partial charge in [-0.3, -0.25) is 0 Å². The van der Waals surface area contributed by atoms with Gasteiger partial charge in [0.2, 0.25) is 0 Å². The number of hydrogen-bond acceptors (Lipinski definition) is 4. The summed E-state index contributed by atoms with van der Waals surface area (Å²) < 4.78 is 16.3. The smallest absolute Gasteiger partial charge is 0.336 e. The Morgan fingerprint density at radius 1 is 1.23 bits per heavy atom. The number of ether oxygens (including phenoxy) is 2. The number of rotatable bonds is 8. The summed E-state index contributed by atoms with van der Waals surface area (Å²) in [4.78, 5) is 11.5. The van der Waals surface area contributed by atoms with E-state index in [0.717, 1.165) is 41.5 Å². The Bertz CT molecular complexity index is 700. The van der Waals surface area contributed by atoms with Crippen LogP contribution < -0.4 is 10.4 Å². The number of benzene rings is 1. The van der Waals surface area contributed by atoms with Crippen LogP contribution in [0.4, 0.5) is 0 Å². The molecule has 0 atom stereocenters. The molecule has 0 spiro atoms. The average molecular weight is 302 g/mol. The minimum absolute atomic E-state index is 0.347. The molecule has 4 nitrogen and oxygen atoms in total. The van der Waals surface area contributed by atoms with Crippen LogP contribution in [0.15, 0.2) is 45.6 Å². The summed E-state index contributed by atoms with van der Waals surface area (Å²) in [6.45, 7) is 7.14. The quantitative estimate of drug-likeness (QED) is 0.423. The lowest BCUT2D eigenvalue weighted by molar-refractivity contribution is 0.172. The molecule has 0 aliphatic heterocycles. The largest absolute Gasteiger partial charge is 0.493 e. The van der Waals surface area contributed by atoms with E-state index >= 15 is 0 Å². The van der Waals surface area contributed by atoms with E-state index in [1.165, 1.54) is 6.07 Å². The van der Waals surface area contributed by atoms with E-state index in [0.29, 0.717) is 18.8 Å². The van der Waals surface area contributed by atoms with Crippen molar-refractivity contribution < 1.29 is 13.9 Å². The van der Waals surface area contributed by atoms with Gasteiger partial charge in [-0.25, -0.2) is 4.79 Å². The highest BCUT2D eigenvalue weighted by molar-refractivity contribution is 5.82. The maximum atomic E-state index is 11.5. The third-order valence-electron chi connectivity index (χ3n) is 3.40. The van der Waals surface area contributed by atoms with Crippen LogP contribution in [0.1, 0.15) is 25.3 Å². The lowest BCUT2D eigenvalue weighted by atomic mass is 10.0. The van der Waals surface area contributed by atoms with E-state index in [1.54, 1.807) is 13.2 Å². The molecular formula is C18H22O4. The zero-order valence-corrected chi connectivity index (χ0v) is 13.2. The number of allylic oxidation sites excluding steroid dienone is 1. The van der Waals surface area contributed by atoms with Crippen LogP contribution in [0.3, 0.4) is 0 Å². The highest BCUT2D eigenvalue weighted by Crippen LogP contribution is 2.29. The molecule has 0 radical (unpaired) electrons. The Balaban J connectivity index is 2.33. The van der Waals surface area contributed by atoms with Crippen molar-refractivity contribution in [3.05, 3.63) is 52.4 Å². The molecule has 4 heteroatoms. The Hall–Kier alpha value is -2.07. The van der Waals surface area contributed by atoms with Gasteiger partial charge in [0.1, 0.15) is 11.3 Å². The van der Waals surface area contributed by atoms with Crippen LogP contribution >= 0.6 is 0 Å². The molecule has 0 bridgehead atoms. The first-order chi connectivity index (χ1) is 10.6. The summed E-state index contributed by atoms with van der Waals surface area (Å²) >= 11 is 0. The number of fused-ring (bicyclic) bond motifs is 1. The third kappa shape index (κ3) is 4.21. The third-order valence-corrected chi connectivity index (χ3v) is 3.40. The second kappa shape index (κ2) is 7.80. The summed E-state index contributed by atoms with van der Waals surface area (Å²) in [7, 11) is 1.67. The van der Waals surface area contributed by atoms with Gasteiger partial charge in [-0.2, -0.15) is 0 Å². The molecule has 1 heterocycles. The fourth-order valence-electron chi connectivity index (χ4n) is 2.27. The zero-order valence-electron chi connectivity index (χ0n) is 13.2. The molecule has 0 aliphatic rings. The van der Waals surface area contributed by atoms with Crippen molar-refractivity contribution in [3.63, 3.8) is 0 Å². The lowest BCUT2D eigenvalue weighted by Gasteiger charge is -2.13. The first-order valence-electron chi connectivity index (χ1n) is 7.43. The van der Waals surface area contributed by atoms with Crippen molar-refractivity contribution in [1.82, 2.24) is 0 Å². The molecule has 2 aromatic rings. The molecule has 118 valence electrons. The molecule has 0 unspecified atom stereocenters. The predicted molar refractivity (Wildman–Crippen MR) is 87.6 cm³/mol. The molecule has 22 heavy (non-hydrogen) atoms. The SMILES string of the molecule is C=C(C)CCc1c(OCCCOC)ccc2ccc(=O)oc12. The van der Waals surface area contributed by atoms with Gasteiger partial charge in [-0.1, -0.05) is 5.57 Å². The van der Waals surface area contributed by atoms with Crippen LogP contribution in [0.2, 0.25) is 0 Å². The molecule has 0 saturated carbocycles. The molecule has 1 aromatic heterocycles. The maximum Gasteiger partial charge on any atom is 0.336 e. The Morgan fingerprint density at radius 2 is 2.00 bits per heavy atom. The van der Waals surface area contributed by atoms with Crippen molar-refractivity contribution in [1.29, 1.82) is 0 Å². The van der Waals surface area contributed by atoms with Crippen molar-refractivity contribution in [3.8, 4) is 5.75 Å². The topological polar surface area (TPSA) is 48.7 Å². The summed E-state index contributed by atoms with van der Waals surface area (Å²) in [5, 5.41) is 0.903. The lowest BCUT2D eigenvalue weighted by Crippen LogP contribution is -2.05. The van der Waals surface area contributed by atoms with Crippen LogP contribution in [-0.4, -0.2) is 20.3 Å². The molecule has 0 fully saturated rings. The Kier molecular flexibility index (Phi) is 5.78. The van der Waals surface area contributed by atoms with Gasteiger partial charge in [0.05, 0.1) is 6.61 Å². The van der Waals surface area contributed by atoms with Crippen LogP contribution in [0.25, 0.3) is 11.0 Å². The Labute approximate surface area is 130 Å². The van der Waals surface area contributed by atoms with Gasteiger partial charge in [0, 0.05) is 37.2 Å². The normalized spacial score (nSPS) is 10.8. The fourth-order valence-corrected chi connectivity index (χ4v) is 2.27. The van der Waals surface area contributed by atoms with Crippen LogP contribution in [0, 0.1) is 0 Å². The van der Waals surface area contributed by atoms with Crippen molar-refractivity contribution in [2.45, 2.75) is 26.2 Å². The van der Waals surface area contributed by atoms with Gasteiger partial charge >= 0.3 is 5.63 Å². The van der Waals surface area contributed by atoms with Crippen molar-refractivity contribution in [2.75, 3.05) is 20.3 Å². The molecule has 0 aliphatic carbocycles. The standard InChI is InChI=1S/C18H22O4/c1-13(2)5-8-15-16(21-12-4-11-20-3)9-6-14-7-10-17(19)22-18(14)15/h6-7,9-10H,1,4-5,8,11-12H2,2-3H3. The summed E-state index contributed by atoms with van der Waals surface area (Å²) in [6, 6.07) is 7.06. The minimum Gasteiger partial charge on any atom is -0.493 e. The highest BCUT2D eigenvalue weighted by atomic mass is 16.5. The first kappa shape index (κ1) is 16.3. The molecule has 2 rings (SSSR count). The second-order valence-corrected chi connectivity index (χ2v) is 5.37. The summed E-state index contributed by atoms with van der Waals surface area (Å²) in [5.41, 5.74) is 2.27. The Morgan fingerprint density at radius 3 is 2.73 bits per heavy atom. The number of hydrogen-bond donors (Lipinski definition) is 0. The fraction of sp³-hybridized carbons (Fsp3) is 0.389. The van der Waals surface area contributed by atoms with Gasteiger partial charge in [0.25, 0.3) is 0 Å². The maximum absolute atomic E-state index is 11.5. The molecule has 0 saturated heterocycles. The van der Waals surface area contributed by atoms with Gasteiger partial charge in [0.15, 0.2) is 0 Å². The van der Waals surface area contributed by atoms with Crippen molar-refractivity contribution >= 4 is 11.0 Å². The number of aryl methyl sites for hydroxylation is 1. The number of methoxy groups -OCH3 is 1. The van der Waals surface area contributed by atoms with Crippen LogP contribution in [-0.2, 0) is 11.2 Å². The zero-order chi connectivity index (χ0) is 15.9. The first-order valence-corrected chi connectivity index (χ1v) is 7.43. The van der Waals surface area contributed by atoms with E-state index in [4.69, 9.17) is 13.9 Å². The van der Waals surface area contributed by atoms with E-state index in [-0.39, 0.29) is 5.63 Å². The van der Waals surface area contributed by atoms with Gasteiger partial charge in [-0.05, 0) is 38.0 Å². The molecule has 0 amide bonds. The minimum atomic E-state index is -0.347. The highest BCUT2D eigenvalue weighted by Gasteiger charge is 2.12. The monoisotopic (exact) mass is 302 g/mol. The van der Waals surface area contributed by atoms with Gasteiger partial charge in [-0.15, -0.1) is 6.58 Å². The summed E-state index contributed by atoms with van der Waals surface area (Å²) in [6.07, 6.45) is 2.37. The van der Waals surface area contributed by atoms with Gasteiger partial charge < -0.3 is 13.9 Å². The summed E-state index contributed by atoms with van der Waals surface area (Å²) in [5.74, 6) is 0.763. The molecular weight excluding hydrogens is 280 g/mol. The van der Waals surface area contributed by atoms with E-state index < -0.39 is 0 Å². The van der Waals surface area contributed by atoms with Crippen molar-refractivity contribution in [2.24, 2.45) is 0 Å². The van der Waals surface area contributed by atoms with Crippen LogP contribution in [0.5, 0.6) is 5.75 Å². The van der Waals surface area contributed by atoms with E-state index in [2.05, 4.69) is 6.58 Å².